The normalized spacial score (nSPS) is 27.5. The van der Waals surface area contributed by atoms with Crippen LogP contribution < -0.4 is 0 Å². The average Bonchev–Trinajstić information content (AvgIpc) is 2.37. The van der Waals surface area contributed by atoms with E-state index in [1.807, 2.05) is 12.3 Å². The van der Waals surface area contributed by atoms with Gasteiger partial charge < -0.3 is 0 Å². The number of nitrogens with zero attached hydrogens (tertiary/aromatic N) is 2. The van der Waals surface area contributed by atoms with E-state index < -0.39 is 0 Å². The van der Waals surface area contributed by atoms with Crippen LogP contribution in [0.2, 0.25) is 0 Å². The maximum absolute atomic E-state index is 10.6. The van der Waals surface area contributed by atoms with E-state index in [4.69, 9.17) is 0 Å². The number of aromatic nitrogens is 1. The predicted molar refractivity (Wildman–Crippen MR) is 76.0 cm³/mol. The van der Waals surface area contributed by atoms with E-state index in [9.17, 15) is 4.79 Å². The molecule has 0 saturated carbocycles. The Morgan fingerprint density at radius 3 is 2.68 bits per heavy atom. The fourth-order valence-corrected chi connectivity index (χ4v) is 3.02. The third-order valence-electron chi connectivity index (χ3n) is 4.62. The Bertz CT molecular complexity index is 502. The van der Waals surface area contributed by atoms with Gasteiger partial charge in [0.15, 0.2) is 6.29 Å². The molecule has 1 aromatic heterocycles. The highest BCUT2D eigenvalue weighted by atomic mass is 16.1. The minimum Gasteiger partial charge on any atom is -0.298 e. The number of hydrogen-bond acceptors (Lipinski definition) is 3. The summed E-state index contributed by atoms with van der Waals surface area (Å²) in [5.41, 5.74) is 3.41. The van der Waals surface area contributed by atoms with Crippen LogP contribution in [-0.4, -0.2) is 34.8 Å². The molecular weight excluding hydrogens is 236 g/mol. The molecule has 0 bridgehead atoms. The van der Waals surface area contributed by atoms with Gasteiger partial charge in [-0.05, 0) is 62.9 Å². The maximum Gasteiger partial charge on any atom is 0.168 e. The molecular formula is C16H20N2O. The fourth-order valence-electron chi connectivity index (χ4n) is 3.02. The molecule has 2 heterocycles. The minimum atomic E-state index is 0.359. The molecule has 0 N–H and O–H groups in total. The Kier molecular flexibility index (Phi) is 3.23. The Morgan fingerprint density at radius 2 is 2.21 bits per heavy atom. The Labute approximate surface area is 114 Å². The number of carbonyl (C=O) groups excluding carboxylic acids is 1. The summed E-state index contributed by atoms with van der Waals surface area (Å²) >= 11 is 0. The largest absolute Gasteiger partial charge is 0.298 e. The van der Waals surface area contributed by atoms with Gasteiger partial charge in [-0.3, -0.25) is 14.7 Å². The van der Waals surface area contributed by atoms with Crippen LogP contribution in [0.25, 0.3) is 5.57 Å². The topological polar surface area (TPSA) is 33.2 Å². The molecule has 0 amide bonds. The van der Waals surface area contributed by atoms with E-state index in [-0.39, 0.29) is 0 Å². The third-order valence-corrected chi connectivity index (χ3v) is 4.62. The van der Waals surface area contributed by atoms with Crippen molar-refractivity contribution < 1.29 is 4.79 Å². The van der Waals surface area contributed by atoms with E-state index in [1.54, 1.807) is 6.07 Å². The van der Waals surface area contributed by atoms with Crippen LogP contribution in [0.5, 0.6) is 0 Å². The van der Waals surface area contributed by atoms with E-state index in [0.29, 0.717) is 11.2 Å². The molecule has 3 nitrogen and oxygen atoms in total. The molecule has 3 heteroatoms. The molecule has 19 heavy (non-hydrogen) atoms. The zero-order chi connectivity index (χ0) is 13.3. The number of likely N-dealkylation sites (tertiary alicyclic amines) is 1. The first-order valence-electron chi connectivity index (χ1n) is 7.07. The van der Waals surface area contributed by atoms with Gasteiger partial charge in [-0.15, -0.1) is 0 Å². The summed E-state index contributed by atoms with van der Waals surface area (Å²) in [7, 11) is 0. The van der Waals surface area contributed by atoms with Gasteiger partial charge in [0.2, 0.25) is 0 Å². The lowest BCUT2D eigenvalue weighted by molar-refractivity contribution is 0.0361. The van der Waals surface area contributed by atoms with Crippen molar-refractivity contribution in [1.82, 2.24) is 9.88 Å². The molecule has 1 saturated heterocycles. The van der Waals surface area contributed by atoms with E-state index in [1.165, 1.54) is 31.5 Å². The van der Waals surface area contributed by atoms with Gasteiger partial charge in [-0.25, -0.2) is 0 Å². The summed E-state index contributed by atoms with van der Waals surface area (Å²) in [5, 5.41) is 0. The summed E-state index contributed by atoms with van der Waals surface area (Å²) < 4.78 is 0. The molecule has 1 aliphatic carbocycles. The molecule has 1 unspecified atom stereocenters. The second kappa shape index (κ2) is 4.89. The molecule has 1 fully saturated rings. The Morgan fingerprint density at radius 1 is 1.37 bits per heavy atom. The molecule has 2 aliphatic rings. The fraction of sp³-hybridized carbons (Fsp3) is 0.500. The smallest absolute Gasteiger partial charge is 0.168 e. The molecule has 3 rings (SSSR count). The molecule has 0 spiro atoms. The van der Waals surface area contributed by atoms with Crippen LogP contribution in [0.4, 0.5) is 0 Å². The summed E-state index contributed by atoms with van der Waals surface area (Å²) in [6, 6.07) is 3.81. The van der Waals surface area contributed by atoms with Gasteiger partial charge in [0.1, 0.15) is 5.69 Å². The van der Waals surface area contributed by atoms with Gasteiger partial charge in [0.05, 0.1) is 0 Å². The van der Waals surface area contributed by atoms with Gasteiger partial charge in [-0.2, -0.15) is 0 Å². The summed E-state index contributed by atoms with van der Waals surface area (Å²) in [5.74, 6) is 0. The monoisotopic (exact) mass is 256 g/mol. The van der Waals surface area contributed by atoms with Crippen molar-refractivity contribution in [2.24, 2.45) is 0 Å². The van der Waals surface area contributed by atoms with Crippen molar-refractivity contribution in [3.8, 4) is 0 Å². The van der Waals surface area contributed by atoms with Crippen LogP contribution >= 0.6 is 0 Å². The number of aldehydes is 1. The summed E-state index contributed by atoms with van der Waals surface area (Å²) in [6.07, 6.45) is 9.77. The lowest BCUT2D eigenvalue weighted by atomic mass is 9.79. The van der Waals surface area contributed by atoms with Crippen molar-refractivity contribution >= 4 is 11.9 Å². The molecule has 1 atom stereocenters. The second-order valence-corrected chi connectivity index (χ2v) is 5.86. The van der Waals surface area contributed by atoms with Crippen LogP contribution in [0.15, 0.2) is 24.4 Å². The van der Waals surface area contributed by atoms with Crippen molar-refractivity contribution in [1.29, 1.82) is 0 Å². The van der Waals surface area contributed by atoms with Crippen molar-refractivity contribution in [2.45, 2.75) is 38.1 Å². The molecule has 1 aromatic rings. The Balaban J connectivity index is 1.74. The van der Waals surface area contributed by atoms with Crippen molar-refractivity contribution in [3.63, 3.8) is 0 Å². The van der Waals surface area contributed by atoms with Crippen LogP contribution in [0.3, 0.4) is 0 Å². The highest BCUT2D eigenvalue weighted by Gasteiger charge is 2.36. The third kappa shape index (κ3) is 2.35. The highest BCUT2D eigenvalue weighted by molar-refractivity contribution is 5.73. The summed E-state index contributed by atoms with van der Waals surface area (Å²) in [6.45, 7) is 4.90. The van der Waals surface area contributed by atoms with Crippen LogP contribution in [0.1, 0.15) is 48.7 Å². The SMILES string of the molecule is CC1(N2CCC2)CC=C(c2ccc(C=O)nc2)CC1. The number of rotatable bonds is 3. The zero-order valence-electron chi connectivity index (χ0n) is 11.4. The second-order valence-electron chi connectivity index (χ2n) is 5.86. The number of carbonyl (C=O) groups is 1. The quantitative estimate of drug-likeness (QED) is 0.780. The molecule has 1 aliphatic heterocycles. The van der Waals surface area contributed by atoms with Gasteiger partial charge in [0, 0.05) is 11.7 Å². The molecule has 0 radical (unpaired) electrons. The molecule has 100 valence electrons. The molecule has 0 aromatic carbocycles. The van der Waals surface area contributed by atoms with E-state index in [0.717, 1.165) is 24.7 Å². The number of pyridine rings is 1. The van der Waals surface area contributed by atoms with Crippen LogP contribution in [-0.2, 0) is 0 Å². The first-order valence-corrected chi connectivity index (χ1v) is 7.07. The van der Waals surface area contributed by atoms with Crippen molar-refractivity contribution in [3.05, 3.63) is 35.7 Å². The number of allylic oxidation sites excluding steroid dienone is 1. The van der Waals surface area contributed by atoms with E-state index >= 15 is 0 Å². The minimum absolute atomic E-state index is 0.359. The lowest BCUT2D eigenvalue weighted by Crippen LogP contribution is -2.53. The first kappa shape index (κ1) is 12.5. The van der Waals surface area contributed by atoms with E-state index in [2.05, 4.69) is 22.9 Å². The van der Waals surface area contributed by atoms with Gasteiger partial charge >= 0.3 is 0 Å². The van der Waals surface area contributed by atoms with Gasteiger partial charge in [0.25, 0.3) is 0 Å². The van der Waals surface area contributed by atoms with Crippen molar-refractivity contribution in [2.75, 3.05) is 13.1 Å². The zero-order valence-corrected chi connectivity index (χ0v) is 11.4. The maximum atomic E-state index is 10.6. The lowest BCUT2D eigenvalue weighted by Gasteiger charge is -2.48. The Hall–Kier alpha value is -1.48. The summed E-state index contributed by atoms with van der Waals surface area (Å²) in [4.78, 5) is 17.4. The highest BCUT2D eigenvalue weighted by Crippen LogP contribution is 2.38. The number of hydrogen-bond donors (Lipinski definition) is 0. The standard InChI is InChI=1S/C16H20N2O/c1-16(18-9-2-10-18)7-5-13(6-8-16)14-3-4-15(12-19)17-11-14/h3-5,11-12H,2,6-10H2,1H3. The van der Waals surface area contributed by atoms with Gasteiger partial charge in [-0.1, -0.05) is 12.1 Å². The average molecular weight is 256 g/mol. The predicted octanol–water partition coefficient (Wildman–Crippen LogP) is 2.93. The van der Waals surface area contributed by atoms with Crippen LogP contribution in [0, 0.1) is 0 Å². The first-order chi connectivity index (χ1) is 9.21.